The minimum atomic E-state index is -7.85. The van der Waals surface area contributed by atoms with Crippen molar-refractivity contribution in [2.45, 2.75) is 60.5 Å². The van der Waals surface area contributed by atoms with Gasteiger partial charge in [-0.1, -0.05) is 0 Å². The molecule has 0 saturated carbocycles. The molecule has 0 rings (SSSR count). The molecule has 29 heteroatoms. The van der Waals surface area contributed by atoms with E-state index in [9.17, 15) is 114 Å². The molecule has 0 aromatic carbocycles. The van der Waals surface area contributed by atoms with Crippen molar-refractivity contribution in [1.82, 2.24) is 0 Å². The summed E-state index contributed by atoms with van der Waals surface area (Å²) in [7, 11) is 0. The van der Waals surface area contributed by atoms with Gasteiger partial charge in [0.05, 0.1) is 0 Å². The van der Waals surface area contributed by atoms with Crippen molar-refractivity contribution in [2.75, 3.05) is 0 Å². The number of rotatable bonds is 12. The lowest BCUT2D eigenvalue weighted by molar-refractivity contribution is -0.493. The van der Waals surface area contributed by atoms with E-state index in [1.165, 1.54) is 9.47 Å². The molecule has 256 valence electrons. The largest absolute Gasteiger partial charge is 0.462 e. The van der Waals surface area contributed by atoms with Gasteiger partial charge < -0.3 is 4.74 Å². The summed E-state index contributed by atoms with van der Waals surface area (Å²) in [6.45, 7) is 0. The van der Waals surface area contributed by atoms with Gasteiger partial charge in [-0.2, -0.15) is 114 Å². The third-order valence-corrected chi connectivity index (χ3v) is 3.76. The second kappa shape index (κ2) is 11.1. The van der Waals surface area contributed by atoms with Crippen molar-refractivity contribution >= 4 is 0 Å². The first-order valence-corrected chi connectivity index (χ1v) is 8.64. The van der Waals surface area contributed by atoms with E-state index in [-0.39, 0.29) is 0 Å². The molecule has 0 N–H and O–H groups in total. The van der Waals surface area contributed by atoms with Gasteiger partial charge in [0.15, 0.2) is 0 Å². The van der Waals surface area contributed by atoms with Crippen LogP contribution >= 0.6 is 0 Å². The van der Waals surface area contributed by atoms with Crippen LogP contribution in [-0.2, 0) is 14.2 Å². The minimum Gasteiger partial charge on any atom is -0.400 e. The van der Waals surface area contributed by atoms with E-state index >= 15 is 0 Å². The summed E-state index contributed by atoms with van der Waals surface area (Å²) in [6, 6.07) is -9.47. The van der Waals surface area contributed by atoms with E-state index in [1.54, 1.807) is 0 Å². The topological polar surface area (TPSA) is 27.7 Å². The maximum absolute atomic E-state index is 13.3. The van der Waals surface area contributed by atoms with E-state index in [4.69, 9.17) is 0 Å². The molecule has 0 aromatic heterocycles. The third-order valence-electron chi connectivity index (χ3n) is 3.76. The fourth-order valence-corrected chi connectivity index (χ4v) is 1.58. The summed E-state index contributed by atoms with van der Waals surface area (Å²) in [5, 5.41) is 0. The number of alkyl halides is 22. The van der Waals surface area contributed by atoms with Crippen LogP contribution in [0.25, 0.3) is 0 Å². The van der Waals surface area contributed by atoms with Crippen molar-refractivity contribution in [1.29, 1.82) is 0 Å². The first-order valence-electron chi connectivity index (χ1n) is 8.64. The predicted octanol–water partition coefficient (Wildman–Crippen LogP) is 9.29. The third kappa shape index (κ3) is 7.21. The summed E-state index contributed by atoms with van der Waals surface area (Å²) in [5.74, 6) is -41.4. The molecular formula is C14F26O3. The molecule has 43 heavy (non-hydrogen) atoms. The Labute approximate surface area is 214 Å². The highest BCUT2D eigenvalue weighted by molar-refractivity contribution is 5.14. The molecule has 3 nitrogen and oxygen atoms in total. The molecule has 0 saturated heterocycles. The van der Waals surface area contributed by atoms with Crippen LogP contribution in [0.1, 0.15) is 0 Å². The quantitative estimate of drug-likeness (QED) is 0.149. The highest BCUT2D eigenvalue weighted by Crippen LogP contribution is 2.54. The lowest BCUT2D eigenvalue weighted by atomic mass is 10.2. The molecule has 0 fully saturated rings. The normalized spacial score (nSPS) is 17.1. The van der Waals surface area contributed by atoms with Crippen molar-refractivity contribution < 1.29 is 128 Å². The summed E-state index contributed by atoms with van der Waals surface area (Å²) < 4.78 is 335. The van der Waals surface area contributed by atoms with E-state index < -0.39 is 84.2 Å². The average Bonchev–Trinajstić information content (AvgIpc) is 2.74. The Hall–Kier alpha value is -2.62. The zero-order chi connectivity index (χ0) is 35.4. The van der Waals surface area contributed by atoms with Gasteiger partial charge in [-0.15, -0.1) is 0 Å². The van der Waals surface area contributed by atoms with E-state index in [0.29, 0.717) is 0 Å². The molecular weight excluding hydrogens is 710 g/mol. The zero-order valence-corrected chi connectivity index (χ0v) is 18.1. The summed E-state index contributed by atoms with van der Waals surface area (Å²) in [4.78, 5) is 0. The predicted molar refractivity (Wildman–Crippen MR) is 73.4 cm³/mol. The summed E-state index contributed by atoms with van der Waals surface area (Å²) >= 11 is 0. The first-order chi connectivity index (χ1) is 18.3. The van der Waals surface area contributed by atoms with Crippen LogP contribution in [0.3, 0.4) is 0 Å². The number of hydrogen-bond acceptors (Lipinski definition) is 3. The lowest BCUT2D eigenvalue weighted by Gasteiger charge is -2.33. The maximum Gasteiger partial charge on any atom is 0.462 e. The average molecular weight is 710 g/mol. The minimum absolute atomic E-state index is 1.19. The van der Waals surface area contributed by atoms with E-state index in [2.05, 4.69) is 0 Å². The fourth-order valence-electron chi connectivity index (χ4n) is 1.58. The van der Waals surface area contributed by atoms with Crippen LogP contribution < -0.4 is 0 Å². The van der Waals surface area contributed by atoms with Crippen LogP contribution in [0.15, 0.2) is 23.7 Å². The Morgan fingerprint density at radius 1 is 0.326 bits per heavy atom. The smallest absolute Gasteiger partial charge is 0.400 e. The Morgan fingerprint density at radius 2 is 0.535 bits per heavy atom. The first kappa shape index (κ1) is 40.4. The number of hydrogen-bond donors (Lipinski definition) is 0. The van der Waals surface area contributed by atoms with Gasteiger partial charge in [-0.25, -0.2) is 9.47 Å². The molecule has 0 atom stereocenters. The van der Waals surface area contributed by atoms with E-state index in [1.807, 2.05) is 4.74 Å². The van der Waals surface area contributed by atoms with Gasteiger partial charge in [0.2, 0.25) is 0 Å². The Bertz CT molecular complexity index is 992. The zero-order valence-electron chi connectivity index (χ0n) is 18.1. The molecule has 0 aromatic rings. The van der Waals surface area contributed by atoms with Gasteiger partial charge in [0.25, 0.3) is 11.7 Å². The van der Waals surface area contributed by atoms with E-state index in [0.717, 1.165) is 0 Å². The Morgan fingerprint density at radius 3 is 0.721 bits per heavy atom. The second-order valence-electron chi connectivity index (χ2n) is 6.84. The van der Waals surface area contributed by atoms with Gasteiger partial charge in [-0.3, -0.25) is 0 Å². The molecule has 0 radical (unpaired) electrons. The monoisotopic (exact) mass is 710 g/mol. The number of halogens is 26. The Kier molecular flexibility index (Phi) is 10.4. The summed E-state index contributed by atoms with van der Waals surface area (Å²) in [6.07, 6.45) is -46.6. The van der Waals surface area contributed by atoms with Gasteiger partial charge in [0, 0.05) is 0 Å². The number of ether oxygens (including phenoxy) is 3. The lowest BCUT2D eigenvalue weighted by Crippen LogP contribution is -2.58. The van der Waals surface area contributed by atoms with Gasteiger partial charge in [0.1, 0.15) is 0 Å². The molecule has 0 spiro atoms. The standard InChI is InChI=1S/C14F26O3/c15-1(5(19,20)11(33,34)42-13(37,38)7(23,24)9(27,28)29)3(17)41-4(18)2(16)6(21,22)12(35,36)43-14(39,40)8(25,26)10(30,31)32. The molecule has 0 bridgehead atoms. The molecule has 0 unspecified atom stereocenters. The fraction of sp³-hybridized carbons (Fsp3) is 0.714. The van der Waals surface area contributed by atoms with Crippen LogP contribution in [0.5, 0.6) is 0 Å². The second-order valence-corrected chi connectivity index (χ2v) is 6.84. The van der Waals surface area contributed by atoms with Crippen LogP contribution in [0, 0.1) is 0 Å². The molecule has 0 aliphatic rings. The highest BCUT2D eigenvalue weighted by Gasteiger charge is 2.80. The van der Waals surface area contributed by atoms with Crippen molar-refractivity contribution in [2.24, 2.45) is 0 Å². The molecule has 0 aliphatic heterocycles. The van der Waals surface area contributed by atoms with Gasteiger partial charge in [-0.05, 0) is 0 Å². The van der Waals surface area contributed by atoms with Crippen LogP contribution in [0.2, 0.25) is 0 Å². The maximum atomic E-state index is 13.3. The highest BCUT2D eigenvalue weighted by atomic mass is 19.4. The van der Waals surface area contributed by atoms with Crippen molar-refractivity contribution in [3.05, 3.63) is 23.7 Å². The Balaban J connectivity index is 6.49. The van der Waals surface area contributed by atoms with Crippen LogP contribution in [-0.4, -0.2) is 60.5 Å². The summed E-state index contributed by atoms with van der Waals surface area (Å²) in [5.41, 5.74) is 0. The van der Waals surface area contributed by atoms with Crippen molar-refractivity contribution in [3.8, 4) is 0 Å². The SMILES string of the molecule is FC(OC(F)=C(F)C(F)(F)C(F)(F)OC(F)(F)C(F)(F)C(F)(F)F)=C(F)C(F)(F)C(F)(F)OC(F)(F)C(F)(F)C(F)(F)F. The van der Waals surface area contributed by atoms with Crippen molar-refractivity contribution in [3.63, 3.8) is 0 Å². The van der Waals surface area contributed by atoms with Crippen LogP contribution in [0.4, 0.5) is 114 Å². The molecule has 0 amide bonds. The van der Waals surface area contributed by atoms with Gasteiger partial charge >= 0.3 is 72.5 Å². The molecule has 0 aliphatic carbocycles. The molecule has 0 heterocycles.